The molecule has 0 bridgehead atoms. The van der Waals surface area contributed by atoms with Crippen molar-refractivity contribution in [1.29, 1.82) is 0 Å². The van der Waals surface area contributed by atoms with Crippen molar-refractivity contribution in [2.24, 2.45) is 0 Å². The Bertz CT molecular complexity index is 178. The van der Waals surface area contributed by atoms with Crippen molar-refractivity contribution in [3.8, 4) is 0 Å². The third-order valence-electron chi connectivity index (χ3n) is 1.90. The van der Waals surface area contributed by atoms with Gasteiger partial charge < -0.3 is 5.11 Å². The largest absolute Gasteiger partial charge is 0.392 e. The predicted octanol–water partition coefficient (Wildman–Crippen LogP) is 3.62. The van der Waals surface area contributed by atoms with Crippen LogP contribution >= 0.6 is 0 Å². The lowest BCUT2D eigenvalue weighted by Gasteiger charge is -1.90. The number of hydrogen-bond acceptors (Lipinski definition) is 1. The highest BCUT2D eigenvalue weighted by Crippen LogP contribution is 2.00. The molecule has 0 saturated heterocycles. The number of unbranched alkanes of at least 4 members (excludes halogenated alkanes) is 3. The Labute approximate surface area is 87.8 Å². The van der Waals surface area contributed by atoms with Crippen molar-refractivity contribution in [3.05, 3.63) is 36.5 Å². The Morgan fingerprint density at radius 1 is 0.929 bits per heavy atom. The molecular weight excluding hydrogens is 172 g/mol. The van der Waals surface area contributed by atoms with Crippen LogP contribution in [-0.4, -0.2) is 11.7 Å². The molecule has 0 aliphatic rings. The predicted molar refractivity (Wildman–Crippen MR) is 63.3 cm³/mol. The molecule has 0 atom stereocenters. The van der Waals surface area contributed by atoms with Crippen LogP contribution in [0.1, 0.15) is 39.0 Å². The van der Waals surface area contributed by atoms with Gasteiger partial charge in [0.1, 0.15) is 0 Å². The SMILES string of the molecule is CCCCC/C=C/C/C=C/C=C/CO. The van der Waals surface area contributed by atoms with Gasteiger partial charge in [-0.15, -0.1) is 0 Å². The molecule has 0 rings (SSSR count). The first-order chi connectivity index (χ1) is 6.91. The van der Waals surface area contributed by atoms with Gasteiger partial charge in [0.2, 0.25) is 0 Å². The summed E-state index contributed by atoms with van der Waals surface area (Å²) in [6.07, 6.45) is 18.2. The molecule has 80 valence electrons. The minimum Gasteiger partial charge on any atom is -0.392 e. The normalized spacial score (nSPS) is 12.4. The van der Waals surface area contributed by atoms with Gasteiger partial charge in [-0.1, -0.05) is 56.2 Å². The van der Waals surface area contributed by atoms with E-state index in [1.165, 1.54) is 25.7 Å². The van der Waals surface area contributed by atoms with Crippen molar-refractivity contribution in [1.82, 2.24) is 0 Å². The van der Waals surface area contributed by atoms with Crippen molar-refractivity contribution < 1.29 is 5.11 Å². The molecule has 0 aromatic carbocycles. The lowest BCUT2D eigenvalue weighted by Crippen LogP contribution is -1.70. The van der Waals surface area contributed by atoms with Crippen LogP contribution in [0.25, 0.3) is 0 Å². The van der Waals surface area contributed by atoms with E-state index < -0.39 is 0 Å². The minimum absolute atomic E-state index is 0.122. The van der Waals surface area contributed by atoms with Gasteiger partial charge in [0.15, 0.2) is 0 Å². The summed E-state index contributed by atoms with van der Waals surface area (Å²) < 4.78 is 0. The average Bonchev–Trinajstić information content (AvgIpc) is 2.21. The summed E-state index contributed by atoms with van der Waals surface area (Å²) in [6, 6.07) is 0. The maximum absolute atomic E-state index is 8.45. The zero-order valence-corrected chi connectivity index (χ0v) is 9.15. The average molecular weight is 194 g/mol. The van der Waals surface area contributed by atoms with Gasteiger partial charge in [-0.2, -0.15) is 0 Å². The molecule has 0 radical (unpaired) electrons. The molecule has 0 aliphatic carbocycles. The van der Waals surface area contributed by atoms with Crippen LogP contribution in [0.2, 0.25) is 0 Å². The molecular formula is C13H22O. The molecule has 0 aromatic rings. The molecule has 0 unspecified atom stereocenters. The Kier molecular flexibility index (Phi) is 11.5. The quantitative estimate of drug-likeness (QED) is 0.355. The molecule has 0 aromatic heterocycles. The summed E-state index contributed by atoms with van der Waals surface area (Å²) in [6.45, 7) is 2.34. The van der Waals surface area contributed by atoms with Crippen molar-refractivity contribution in [3.63, 3.8) is 0 Å². The third-order valence-corrected chi connectivity index (χ3v) is 1.90. The molecule has 0 spiro atoms. The van der Waals surface area contributed by atoms with E-state index >= 15 is 0 Å². The smallest absolute Gasteiger partial charge is 0.0615 e. The van der Waals surface area contributed by atoms with Crippen LogP contribution in [0.15, 0.2) is 36.5 Å². The van der Waals surface area contributed by atoms with E-state index in [-0.39, 0.29) is 6.61 Å². The van der Waals surface area contributed by atoms with Gasteiger partial charge in [0, 0.05) is 0 Å². The van der Waals surface area contributed by atoms with Crippen LogP contribution in [0, 0.1) is 0 Å². The lowest BCUT2D eigenvalue weighted by molar-refractivity contribution is 0.343. The number of rotatable bonds is 8. The van der Waals surface area contributed by atoms with Crippen molar-refractivity contribution in [2.75, 3.05) is 6.61 Å². The Morgan fingerprint density at radius 2 is 1.71 bits per heavy atom. The van der Waals surface area contributed by atoms with Gasteiger partial charge in [0.05, 0.1) is 6.61 Å². The van der Waals surface area contributed by atoms with Gasteiger partial charge in [-0.05, 0) is 19.3 Å². The molecule has 0 amide bonds. The first-order valence-electron chi connectivity index (χ1n) is 5.49. The number of hydrogen-bond donors (Lipinski definition) is 1. The van der Waals surface area contributed by atoms with E-state index in [1.807, 2.05) is 12.2 Å². The minimum atomic E-state index is 0.122. The van der Waals surface area contributed by atoms with E-state index in [2.05, 4.69) is 25.2 Å². The van der Waals surface area contributed by atoms with Crippen molar-refractivity contribution in [2.45, 2.75) is 39.0 Å². The molecule has 1 nitrogen and oxygen atoms in total. The zero-order chi connectivity index (χ0) is 10.5. The van der Waals surface area contributed by atoms with Crippen LogP contribution in [0.3, 0.4) is 0 Å². The maximum atomic E-state index is 8.45. The van der Waals surface area contributed by atoms with Crippen LogP contribution < -0.4 is 0 Å². The fourth-order valence-electron chi connectivity index (χ4n) is 1.10. The molecule has 1 heteroatoms. The first kappa shape index (κ1) is 13.2. The van der Waals surface area contributed by atoms with E-state index in [9.17, 15) is 0 Å². The molecule has 1 N–H and O–H groups in total. The van der Waals surface area contributed by atoms with Gasteiger partial charge in [-0.25, -0.2) is 0 Å². The monoisotopic (exact) mass is 194 g/mol. The second-order valence-corrected chi connectivity index (χ2v) is 3.24. The molecule has 14 heavy (non-hydrogen) atoms. The van der Waals surface area contributed by atoms with Gasteiger partial charge in [0.25, 0.3) is 0 Å². The Hall–Kier alpha value is -0.820. The summed E-state index contributed by atoms with van der Waals surface area (Å²) in [4.78, 5) is 0. The highest BCUT2D eigenvalue weighted by molar-refractivity contribution is 5.04. The first-order valence-corrected chi connectivity index (χ1v) is 5.49. The highest BCUT2D eigenvalue weighted by atomic mass is 16.2. The summed E-state index contributed by atoms with van der Waals surface area (Å²) in [7, 11) is 0. The van der Waals surface area contributed by atoms with E-state index in [0.29, 0.717) is 0 Å². The maximum Gasteiger partial charge on any atom is 0.0615 e. The molecule has 0 saturated carbocycles. The zero-order valence-electron chi connectivity index (χ0n) is 9.15. The van der Waals surface area contributed by atoms with Crippen LogP contribution in [-0.2, 0) is 0 Å². The molecule has 0 fully saturated rings. The Morgan fingerprint density at radius 3 is 2.43 bits per heavy atom. The van der Waals surface area contributed by atoms with Gasteiger partial charge >= 0.3 is 0 Å². The second kappa shape index (κ2) is 12.2. The Balaban J connectivity index is 3.25. The summed E-state index contributed by atoms with van der Waals surface area (Å²) >= 11 is 0. The summed E-state index contributed by atoms with van der Waals surface area (Å²) in [5.74, 6) is 0. The summed E-state index contributed by atoms with van der Waals surface area (Å²) in [5.41, 5.74) is 0. The molecule has 0 aliphatic heterocycles. The highest BCUT2D eigenvalue weighted by Gasteiger charge is 1.80. The topological polar surface area (TPSA) is 20.2 Å². The van der Waals surface area contributed by atoms with E-state index in [1.54, 1.807) is 6.08 Å². The lowest BCUT2D eigenvalue weighted by atomic mass is 10.2. The van der Waals surface area contributed by atoms with Gasteiger partial charge in [-0.3, -0.25) is 0 Å². The van der Waals surface area contributed by atoms with E-state index in [0.717, 1.165) is 6.42 Å². The number of allylic oxidation sites excluding steroid dienone is 5. The van der Waals surface area contributed by atoms with Crippen molar-refractivity contribution >= 4 is 0 Å². The number of aliphatic hydroxyl groups is 1. The molecule has 0 heterocycles. The van der Waals surface area contributed by atoms with E-state index in [4.69, 9.17) is 5.11 Å². The fraction of sp³-hybridized carbons (Fsp3) is 0.538. The third kappa shape index (κ3) is 11.2. The second-order valence-electron chi connectivity index (χ2n) is 3.24. The fourth-order valence-corrected chi connectivity index (χ4v) is 1.10. The standard InChI is InChI=1S/C13H22O/c1-2-3-4-5-6-7-8-9-10-11-12-13-14/h6-7,9-12,14H,2-5,8,13H2,1H3/b7-6+,10-9+,12-11+. The van der Waals surface area contributed by atoms with Crippen LogP contribution in [0.4, 0.5) is 0 Å². The summed E-state index contributed by atoms with van der Waals surface area (Å²) in [5, 5.41) is 8.45. The number of aliphatic hydroxyl groups excluding tert-OH is 1. The van der Waals surface area contributed by atoms with Crippen LogP contribution in [0.5, 0.6) is 0 Å².